The lowest BCUT2D eigenvalue weighted by atomic mass is 10.1. The number of carbonyl (C=O) groups is 1. The minimum atomic E-state index is -0.324. The molecule has 1 amide bonds. The zero-order valence-corrected chi connectivity index (χ0v) is 16.4. The highest BCUT2D eigenvalue weighted by atomic mass is 32.2. The van der Waals surface area contributed by atoms with Crippen molar-refractivity contribution in [3.63, 3.8) is 0 Å². The van der Waals surface area contributed by atoms with Gasteiger partial charge in [-0.25, -0.2) is 0 Å². The minimum Gasteiger partial charge on any atom is -0.493 e. The predicted molar refractivity (Wildman–Crippen MR) is 99.6 cm³/mol. The summed E-state index contributed by atoms with van der Waals surface area (Å²) < 4.78 is 16.6. The SMILES string of the molecule is CCC(C)Sc1nnc(NC(=O)c2cc(OC)c(OC)c(OC)c2)s1. The number of benzene rings is 1. The molecule has 1 atom stereocenters. The Labute approximate surface area is 155 Å². The third-order valence-corrected chi connectivity index (χ3v) is 5.62. The summed E-state index contributed by atoms with van der Waals surface area (Å²) in [6, 6.07) is 3.18. The van der Waals surface area contributed by atoms with Gasteiger partial charge >= 0.3 is 0 Å². The standard InChI is InChI=1S/C16H21N3O4S2/c1-6-9(2)24-16-19-18-15(25-16)17-14(20)10-7-11(21-3)13(23-5)12(8-10)22-4/h7-9H,6H2,1-5H3,(H,17,18,20). The molecule has 0 radical (unpaired) electrons. The van der Waals surface area contributed by atoms with E-state index in [-0.39, 0.29) is 5.91 Å². The van der Waals surface area contributed by atoms with E-state index in [0.717, 1.165) is 10.8 Å². The highest BCUT2D eigenvalue weighted by Gasteiger charge is 2.18. The first-order chi connectivity index (χ1) is 12.0. The normalized spacial score (nSPS) is 11.7. The lowest BCUT2D eigenvalue weighted by Crippen LogP contribution is -2.12. The summed E-state index contributed by atoms with van der Waals surface area (Å²) in [6.45, 7) is 4.24. The molecule has 2 rings (SSSR count). The number of rotatable bonds is 8. The molecule has 0 spiro atoms. The monoisotopic (exact) mass is 383 g/mol. The second-order valence-electron chi connectivity index (χ2n) is 5.08. The van der Waals surface area contributed by atoms with E-state index in [1.807, 2.05) is 0 Å². The van der Waals surface area contributed by atoms with Gasteiger partial charge in [0, 0.05) is 10.8 Å². The van der Waals surface area contributed by atoms with Crippen LogP contribution in [0.5, 0.6) is 17.2 Å². The van der Waals surface area contributed by atoms with Crippen LogP contribution in [0, 0.1) is 0 Å². The summed E-state index contributed by atoms with van der Waals surface area (Å²) in [5.74, 6) is 0.940. The maximum atomic E-state index is 12.5. The number of anilines is 1. The van der Waals surface area contributed by atoms with Crippen molar-refractivity contribution in [3.8, 4) is 17.2 Å². The van der Waals surface area contributed by atoms with Gasteiger partial charge in [-0.1, -0.05) is 36.9 Å². The first-order valence-electron chi connectivity index (χ1n) is 7.63. The zero-order chi connectivity index (χ0) is 18.4. The fourth-order valence-corrected chi connectivity index (χ4v) is 3.94. The Bertz CT molecular complexity index is 711. The van der Waals surface area contributed by atoms with E-state index in [4.69, 9.17) is 14.2 Å². The van der Waals surface area contributed by atoms with Crippen molar-refractivity contribution >= 4 is 34.1 Å². The molecule has 25 heavy (non-hydrogen) atoms. The molecule has 1 unspecified atom stereocenters. The molecule has 7 nitrogen and oxygen atoms in total. The highest BCUT2D eigenvalue weighted by molar-refractivity contribution is 8.01. The summed E-state index contributed by atoms with van der Waals surface area (Å²) in [7, 11) is 4.52. The maximum absolute atomic E-state index is 12.5. The molecule has 136 valence electrons. The molecule has 1 heterocycles. The van der Waals surface area contributed by atoms with E-state index in [9.17, 15) is 4.79 Å². The summed E-state index contributed by atoms with van der Waals surface area (Å²) >= 11 is 2.99. The molecule has 9 heteroatoms. The van der Waals surface area contributed by atoms with E-state index < -0.39 is 0 Å². The van der Waals surface area contributed by atoms with E-state index >= 15 is 0 Å². The number of carbonyl (C=O) groups excluding carboxylic acids is 1. The second-order valence-corrected chi connectivity index (χ2v) is 7.74. The number of nitrogens with zero attached hydrogens (tertiary/aromatic N) is 2. The van der Waals surface area contributed by atoms with E-state index in [0.29, 0.717) is 33.2 Å². The fourth-order valence-electron chi connectivity index (χ4n) is 1.94. The third kappa shape index (κ3) is 4.76. The van der Waals surface area contributed by atoms with Gasteiger partial charge in [0.2, 0.25) is 10.9 Å². The van der Waals surface area contributed by atoms with Gasteiger partial charge in [0.05, 0.1) is 21.3 Å². The Morgan fingerprint density at radius 2 is 1.84 bits per heavy atom. The van der Waals surface area contributed by atoms with Gasteiger partial charge in [0.25, 0.3) is 5.91 Å². The molecule has 1 aromatic heterocycles. The number of aromatic nitrogens is 2. The summed E-state index contributed by atoms with van der Waals surface area (Å²) in [4.78, 5) is 12.5. The van der Waals surface area contributed by atoms with Crippen molar-refractivity contribution in [2.75, 3.05) is 26.6 Å². The summed E-state index contributed by atoms with van der Waals surface area (Å²) in [5.41, 5.74) is 0.376. The van der Waals surface area contributed by atoms with Crippen molar-refractivity contribution < 1.29 is 19.0 Å². The van der Waals surface area contributed by atoms with Gasteiger partial charge in [-0.2, -0.15) is 0 Å². The Morgan fingerprint density at radius 3 is 2.36 bits per heavy atom. The van der Waals surface area contributed by atoms with Crippen LogP contribution in [0.4, 0.5) is 5.13 Å². The van der Waals surface area contributed by atoms with Gasteiger partial charge in [-0.3, -0.25) is 10.1 Å². The largest absolute Gasteiger partial charge is 0.493 e. The van der Waals surface area contributed by atoms with Crippen LogP contribution in [-0.2, 0) is 0 Å². The van der Waals surface area contributed by atoms with E-state index in [1.54, 1.807) is 23.9 Å². The Balaban J connectivity index is 2.18. The molecular formula is C16H21N3O4S2. The van der Waals surface area contributed by atoms with Gasteiger partial charge in [0.15, 0.2) is 15.8 Å². The second kappa shape index (κ2) is 8.91. The smallest absolute Gasteiger partial charge is 0.257 e. The number of nitrogens with one attached hydrogen (secondary N) is 1. The molecule has 0 saturated carbocycles. The van der Waals surface area contributed by atoms with Gasteiger partial charge in [-0.15, -0.1) is 10.2 Å². The molecule has 0 aliphatic heterocycles. The van der Waals surface area contributed by atoms with Gasteiger partial charge in [0.1, 0.15) is 0 Å². The topological polar surface area (TPSA) is 82.6 Å². The van der Waals surface area contributed by atoms with Gasteiger partial charge < -0.3 is 14.2 Å². The van der Waals surface area contributed by atoms with Crippen LogP contribution in [0.1, 0.15) is 30.6 Å². The summed E-state index contributed by atoms with van der Waals surface area (Å²) in [5, 5.41) is 11.8. The summed E-state index contributed by atoms with van der Waals surface area (Å²) in [6.07, 6.45) is 1.04. The number of hydrogen-bond acceptors (Lipinski definition) is 8. The number of thioether (sulfide) groups is 1. The van der Waals surface area contributed by atoms with E-state index in [1.165, 1.54) is 32.7 Å². The predicted octanol–water partition coefficient (Wildman–Crippen LogP) is 3.71. The quantitative estimate of drug-likeness (QED) is 0.549. The first kappa shape index (κ1) is 19.3. The molecular weight excluding hydrogens is 362 g/mol. The van der Waals surface area contributed by atoms with Crippen molar-refractivity contribution in [1.29, 1.82) is 0 Å². The lowest BCUT2D eigenvalue weighted by molar-refractivity contribution is 0.102. The molecule has 0 fully saturated rings. The molecule has 0 saturated heterocycles. The number of hydrogen-bond donors (Lipinski definition) is 1. The zero-order valence-electron chi connectivity index (χ0n) is 14.8. The highest BCUT2D eigenvalue weighted by Crippen LogP contribution is 2.38. The van der Waals surface area contributed by atoms with Crippen molar-refractivity contribution in [2.24, 2.45) is 0 Å². The van der Waals surface area contributed by atoms with Crippen LogP contribution >= 0.6 is 23.1 Å². The lowest BCUT2D eigenvalue weighted by Gasteiger charge is -2.13. The third-order valence-electron chi connectivity index (χ3n) is 3.43. The molecule has 1 aromatic carbocycles. The van der Waals surface area contributed by atoms with Crippen molar-refractivity contribution in [1.82, 2.24) is 10.2 Å². The molecule has 1 N–H and O–H groups in total. The van der Waals surface area contributed by atoms with Crippen LogP contribution in [0.2, 0.25) is 0 Å². The first-order valence-corrected chi connectivity index (χ1v) is 9.33. The molecule has 2 aromatic rings. The fraction of sp³-hybridized carbons (Fsp3) is 0.438. The van der Waals surface area contributed by atoms with Crippen LogP contribution in [0.15, 0.2) is 16.5 Å². The number of ether oxygens (including phenoxy) is 3. The van der Waals surface area contributed by atoms with Crippen molar-refractivity contribution in [2.45, 2.75) is 29.9 Å². The van der Waals surface area contributed by atoms with E-state index in [2.05, 4.69) is 29.4 Å². The number of methoxy groups -OCH3 is 3. The van der Waals surface area contributed by atoms with Crippen molar-refractivity contribution in [3.05, 3.63) is 17.7 Å². The molecule has 0 bridgehead atoms. The van der Waals surface area contributed by atoms with Crippen LogP contribution in [-0.4, -0.2) is 42.7 Å². The number of amides is 1. The average molecular weight is 383 g/mol. The Morgan fingerprint density at radius 1 is 1.20 bits per heavy atom. The van der Waals surface area contributed by atoms with Crippen LogP contribution in [0.25, 0.3) is 0 Å². The van der Waals surface area contributed by atoms with Gasteiger partial charge in [-0.05, 0) is 18.6 Å². The van der Waals surface area contributed by atoms with Crippen LogP contribution < -0.4 is 19.5 Å². The molecule has 0 aliphatic rings. The van der Waals surface area contributed by atoms with Crippen LogP contribution in [0.3, 0.4) is 0 Å². The molecule has 0 aliphatic carbocycles. The Hall–Kier alpha value is -2.00. The Kier molecular flexibility index (Phi) is 6.89. The maximum Gasteiger partial charge on any atom is 0.257 e. The average Bonchev–Trinajstić information content (AvgIpc) is 3.06. The minimum absolute atomic E-state index is 0.324.